The van der Waals surface area contributed by atoms with E-state index in [-0.39, 0.29) is 0 Å². The molecule has 0 bridgehead atoms. The van der Waals surface area contributed by atoms with Gasteiger partial charge in [-0.3, -0.25) is 0 Å². The molecule has 0 saturated heterocycles. The number of ether oxygens (including phenoxy) is 2. The van der Waals surface area contributed by atoms with Gasteiger partial charge >= 0.3 is 0 Å². The molecule has 0 aliphatic rings. The van der Waals surface area contributed by atoms with Gasteiger partial charge in [-0.15, -0.1) is 0 Å². The Morgan fingerprint density at radius 2 is 1.42 bits per heavy atom. The average molecular weight is 273 g/mol. The predicted octanol–water partition coefficient (Wildman–Crippen LogP) is 3.51. The van der Waals surface area contributed by atoms with Crippen LogP contribution < -0.4 is 15.2 Å². The van der Waals surface area contributed by atoms with Crippen LogP contribution in [0.15, 0.2) is 48.5 Å². The second kappa shape index (κ2) is 6.20. The maximum absolute atomic E-state index is 5.71. The van der Waals surface area contributed by atoms with Crippen LogP contribution in [0.2, 0.25) is 0 Å². The third-order valence-corrected chi connectivity index (χ3v) is 2.74. The van der Waals surface area contributed by atoms with Crippen LogP contribution in [0, 0.1) is 0 Å². The lowest BCUT2D eigenvalue weighted by molar-refractivity contribution is 0.339. The number of thiocarbonyl (C=S) groups is 1. The minimum atomic E-state index is 0.382. The van der Waals surface area contributed by atoms with E-state index in [2.05, 4.69) is 0 Å². The summed E-state index contributed by atoms with van der Waals surface area (Å²) in [6.45, 7) is 2.61. The van der Waals surface area contributed by atoms with Crippen molar-refractivity contribution in [2.24, 2.45) is 5.73 Å². The van der Waals surface area contributed by atoms with E-state index < -0.39 is 0 Å². The molecule has 0 spiro atoms. The van der Waals surface area contributed by atoms with Gasteiger partial charge in [0.2, 0.25) is 0 Å². The van der Waals surface area contributed by atoms with E-state index in [0.29, 0.717) is 11.6 Å². The zero-order valence-electron chi connectivity index (χ0n) is 10.6. The molecule has 0 heterocycles. The SMILES string of the molecule is CCOc1ccc(Oc2ccc(C(N)=S)cc2)cc1. The number of hydrogen-bond donors (Lipinski definition) is 1. The lowest BCUT2D eigenvalue weighted by Crippen LogP contribution is -2.08. The van der Waals surface area contributed by atoms with Crippen LogP contribution in [0.5, 0.6) is 17.2 Å². The van der Waals surface area contributed by atoms with Gasteiger partial charge in [-0.25, -0.2) is 0 Å². The summed E-state index contributed by atoms with van der Waals surface area (Å²) in [5.41, 5.74) is 6.37. The second-order valence-electron chi connectivity index (χ2n) is 3.90. The molecule has 0 atom stereocenters. The molecular weight excluding hydrogens is 258 g/mol. The molecular formula is C15H15NO2S. The Morgan fingerprint density at radius 3 is 1.89 bits per heavy atom. The van der Waals surface area contributed by atoms with E-state index >= 15 is 0 Å². The maximum atomic E-state index is 5.71. The summed E-state index contributed by atoms with van der Waals surface area (Å²) in [5.74, 6) is 2.33. The van der Waals surface area contributed by atoms with Gasteiger partial charge in [0.05, 0.1) is 6.61 Å². The highest BCUT2D eigenvalue weighted by Gasteiger charge is 2.00. The normalized spacial score (nSPS) is 9.95. The Bertz CT molecular complexity index is 549. The largest absolute Gasteiger partial charge is 0.494 e. The van der Waals surface area contributed by atoms with Gasteiger partial charge in [0.15, 0.2) is 0 Å². The van der Waals surface area contributed by atoms with E-state index in [0.717, 1.165) is 22.8 Å². The third-order valence-electron chi connectivity index (χ3n) is 2.51. The fraction of sp³-hybridized carbons (Fsp3) is 0.133. The van der Waals surface area contributed by atoms with Crippen LogP contribution in [0.3, 0.4) is 0 Å². The van der Waals surface area contributed by atoms with Gasteiger partial charge < -0.3 is 15.2 Å². The van der Waals surface area contributed by atoms with Crippen LogP contribution in [-0.4, -0.2) is 11.6 Å². The molecule has 2 N–H and O–H groups in total. The van der Waals surface area contributed by atoms with E-state index in [1.165, 1.54) is 0 Å². The van der Waals surface area contributed by atoms with Crippen LogP contribution >= 0.6 is 12.2 Å². The van der Waals surface area contributed by atoms with Crippen molar-refractivity contribution in [1.29, 1.82) is 0 Å². The van der Waals surface area contributed by atoms with E-state index in [4.69, 9.17) is 27.4 Å². The molecule has 0 aromatic heterocycles. The molecule has 2 rings (SSSR count). The molecule has 2 aromatic carbocycles. The molecule has 0 unspecified atom stereocenters. The summed E-state index contributed by atoms with van der Waals surface area (Å²) in [6.07, 6.45) is 0. The highest BCUT2D eigenvalue weighted by atomic mass is 32.1. The number of hydrogen-bond acceptors (Lipinski definition) is 3. The molecule has 0 aliphatic heterocycles. The summed E-state index contributed by atoms with van der Waals surface area (Å²) >= 11 is 4.90. The van der Waals surface area contributed by atoms with Crippen LogP contribution in [0.4, 0.5) is 0 Å². The quantitative estimate of drug-likeness (QED) is 0.847. The second-order valence-corrected chi connectivity index (χ2v) is 4.33. The predicted molar refractivity (Wildman–Crippen MR) is 80.0 cm³/mol. The Hall–Kier alpha value is -2.07. The molecule has 19 heavy (non-hydrogen) atoms. The molecule has 0 saturated carbocycles. The van der Waals surface area contributed by atoms with Crippen molar-refractivity contribution >= 4 is 17.2 Å². The third kappa shape index (κ3) is 3.69. The van der Waals surface area contributed by atoms with Crippen molar-refractivity contribution in [3.05, 3.63) is 54.1 Å². The molecule has 0 fully saturated rings. The Labute approximate surface area is 118 Å². The van der Waals surface area contributed by atoms with Crippen LogP contribution in [0.1, 0.15) is 12.5 Å². The molecule has 2 aromatic rings. The minimum Gasteiger partial charge on any atom is -0.494 e. The fourth-order valence-corrected chi connectivity index (χ4v) is 1.73. The highest BCUT2D eigenvalue weighted by molar-refractivity contribution is 7.80. The molecule has 0 aliphatic carbocycles. The molecule has 98 valence electrons. The number of benzene rings is 2. The van der Waals surface area contributed by atoms with Crippen LogP contribution in [0.25, 0.3) is 0 Å². The zero-order chi connectivity index (χ0) is 13.7. The maximum Gasteiger partial charge on any atom is 0.127 e. The molecule has 0 amide bonds. The van der Waals surface area contributed by atoms with Crippen molar-refractivity contribution in [3.63, 3.8) is 0 Å². The standard InChI is InChI=1S/C15H15NO2S/c1-2-17-12-7-9-14(10-8-12)18-13-5-3-11(4-6-13)15(16)19/h3-10H,2H2,1H3,(H2,16,19). The van der Waals surface area contributed by atoms with Gasteiger partial charge in [-0.1, -0.05) is 12.2 Å². The topological polar surface area (TPSA) is 44.5 Å². The molecule has 0 radical (unpaired) electrons. The monoisotopic (exact) mass is 273 g/mol. The first-order valence-electron chi connectivity index (χ1n) is 5.99. The Morgan fingerprint density at radius 1 is 0.947 bits per heavy atom. The van der Waals surface area contributed by atoms with Gasteiger partial charge in [0.25, 0.3) is 0 Å². The zero-order valence-corrected chi connectivity index (χ0v) is 11.4. The van der Waals surface area contributed by atoms with Crippen molar-refractivity contribution < 1.29 is 9.47 Å². The summed E-state index contributed by atoms with van der Waals surface area (Å²) in [4.78, 5) is 0.382. The van der Waals surface area contributed by atoms with Gasteiger partial charge in [0, 0.05) is 5.56 Å². The first-order valence-corrected chi connectivity index (χ1v) is 6.40. The first kappa shape index (κ1) is 13.4. The summed E-state index contributed by atoms with van der Waals surface area (Å²) in [7, 11) is 0. The van der Waals surface area contributed by atoms with Gasteiger partial charge in [-0.2, -0.15) is 0 Å². The minimum absolute atomic E-state index is 0.382. The van der Waals surface area contributed by atoms with E-state index in [1.807, 2.05) is 55.5 Å². The van der Waals surface area contributed by atoms with Crippen molar-refractivity contribution in [2.45, 2.75) is 6.92 Å². The van der Waals surface area contributed by atoms with Crippen molar-refractivity contribution in [1.82, 2.24) is 0 Å². The number of rotatable bonds is 5. The first-order chi connectivity index (χ1) is 9.19. The highest BCUT2D eigenvalue weighted by Crippen LogP contribution is 2.24. The smallest absolute Gasteiger partial charge is 0.127 e. The van der Waals surface area contributed by atoms with Crippen molar-refractivity contribution in [2.75, 3.05) is 6.61 Å². The lowest BCUT2D eigenvalue weighted by Gasteiger charge is -2.08. The molecule has 3 nitrogen and oxygen atoms in total. The van der Waals surface area contributed by atoms with Crippen molar-refractivity contribution in [3.8, 4) is 17.2 Å². The van der Waals surface area contributed by atoms with Gasteiger partial charge in [0.1, 0.15) is 22.2 Å². The van der Waals surface area contributed by atoms with E-state index in [1.54, 1.807) is 0 Å². The Kier molecular flexibility index (Phi) is 4.36. The van der Waals surface area contributed by atoms with E-state index in [9.17, 15) is 0 Å². The molecule has 4 heteroatoms. The van der Waals surface area contributed by atoms with Gasteiger partial charge in [-0.05, 0) is 55.5 Å². The van der Waals surface area contributed by atoms with Crippen LogP contribution in [-0.2, 0) is 0 Å². The fourth-order valence-electron chi connectivity index (χ4n) is 1.59. The Balaban J connectivity index is 2.06. The summed E-state index contributed by atoms with van der Waals surface area (Å²) < 4.78 is 11.1. The summed E-state index contributed by atoms with van der Waals surface area (Å²) in [6, 6.07) is 14.8. The summed E-state index contributed by atoms with van der Waals surface area (Å²) in [5, 5.41) is 0. The number of nitrogens with two attached hydrogens (primary N) is 1. The average Bonchev–Trinajstić information content (AvgIpc) is 2.42. The lowest BCUT2D eigenvalue weighted by atomic mass is 10.2.